The number of thioether (sulfide) groups is 1. The van der Waals surface area contributed by atoms with Crippen LogP contribution < -0.4 is 9.47 Å². The molecule has 2 aromatic rings. The predicted octanol–water partition coefficient (Wildman–Crippen LogP) is 2.66. The van der Waals surface area contributed by atoms with Crippen molar-refractivity contribution in [2.24, 2.45) is 4.99 Å². The summed E-state index contributed by atoms with van der Waals surface area (Å²) in [6.07, 6.45) is 0.744. The van der Waals surface area contributed by atoms with Crippen LogP contribution in [0.25, 0.3) is 0 Å². The van der Waals surface area contributed by atoms with Crippen molar-refractivity contribution in [2.75, 3.05) is 32.3 Å². The molecule has 0 saturated carbocycles. The quantitative estimate of drug-likeness (QED) is 0.655. The normalized spacial score (nSPS) is 23.0. The Morgan fingerprint density at radius 3 is 2.55 bits per heavy atom. The van der Waals surface area contributed by atoms with Gasteiger partial charge in [0.15, 0.2) is 26.5 Å². The van der Waals surface area contributed by atoms with Crippen LogP contribution >= 0.6 is 11.8 Å². The van der Waals surface area contributed by atoms with Crippen LogP contribution in [0.5, 0.6) is 11.5 Å². The van der Waals surface area contributed by atoms with Crippen LogP contribution in [-0.4, -0.2) is 68.0 Å². The van der Waals surface area contributed by atoms with E-state index in [0.717, 1.165) is 12.0 Å². The van der Waals surface area contributed by atoms with E-state index >= 15 is 0 Å². The summed E-state index contributed by atoms with van der Waals surface area (Å²) in [5.41, 5.74) is 1.54. The number of aliphatic imine (C=N–C) groups is 1. The smallest absolute Gasteiger partial charge is 0.279 e. The molecule has 7 nitrogen and oxygen atoms in total. The lowest BCUT2D eigenvalue weighted by Gasteiger charge is -2.24. The standard InChI is InChI=1S/C22H24N2O5S2/c1-28-18-9-8-16(12-19(18)29-2)21(25)23-22-24(11-10-15-6-4-3-5-7-15)17-13-31(26,27)14-20(17)30-22/h3-9,12,17,20H,10-11,13-14H2,1-2H3/t17-,20+/m0/s1. The molecule has 0 radical (unpaired) electrons. The maximum atomic E-state index is 12.9. The molecule has 2 fully saturated rings. The van der Waals surface area contributed by atoms with E-state index in [1.54, 1.807) is 18.2 Å². The topological polar surface area (TPSA) is 85.3 Å². The van der Waals surface area contributed by atoms with Gasteiger partial charge in [-0.25, -0.2) is 8.42 Å². The molecule has 164 valence electrons. The molecule has 0 N–H and O–H groups in total. The van der Waals surface area contributed by atoms with Crippen molar-refractivity contribution in [3.8, 4) is 11.5 Å². The van der Waals surface area contributed by atoms with E-state index in [2.05, 4.69) is 4.99 Å². The molecule has 2 aromatic carbocycles. The lowest BCUT2D eigenvalue weighted by Crippen LogP contribution is -2.39. The number of nitrogens with zero attached hydrogens (tertiary/aromatic N) is 2. The summed E-state index contributed by atoms with van der Waals surface area (Å²) < 4.78 is 34.9. The van der Waals surface area contributed by atoms with Crippen LogP contribution in [0.1, 0.15) is 15.9 Å². The molecule has 2 heterocycles. The van der Waals surface area contributed by atoms with Crippen molar-refractivity contribution in [1.82, 2.24) is 4.90 Å². The van der Waals surface area contributed by atoms with Gasteiger partial charge in [0.25, 0.3) is 5.91 Å². The number of sulfone groups is 1. The molecular formula is C22H24N2O5S2. The van der Waals surface area contributed by atoms with Crippen molar-refractivity contribution >= 4 is 32.7 Å². The van der Waals surface area contributed by atoms with E-state index in [-0.39, 0.29) is 22.8 Å². The summed E-state index contributed by atoms with van der Waals surface area (Å²) in [6, 6.07) is 14.8. The fraction of sp³-hybridized carbons (Fsp3) is 0.364. The molecule has 0 aromatic heterocycles. The Balaban J connectivity index is 1.59. The number of hydrogen-bond acceptors (Lipinski definition) is 6. The zero-order chi connectivity index (χ0) is 22.0. The molecule has 4 rings (SSSR count). The second-order valence-corrected chi connectivity index (χ2v) is 10.9. The van der Waals surface area contributed by atoms with Gasteiger partial charge >= 0.3 is 0 Å². The van der Waals surface area contributed by atoms with Gasteiger partial charge in [-0.05, 0) is 30.2 Å². The maximum absolute atomic E-state index is 12.9. The van der Waals surface area contributed by atoms with Crippen LogP contribution in [0.4, 0.5) is 0 Å². The summed E-state index contributed by atoms with van der Waals surface area (Å²) in [5.74, 6) is 0.815. The van der Waals surface area contributed by atoms with Crippen LogP contribution in [0.15, 0.2) is 53.5 Å². The largest absolute Gasteiger partial charge is 0.493 e. The molecule has 0 aliphatic carbocycles. The summed E-state index contributed by atoms with van der Waals surface area (Å²) in [7, 11) is -0.0294. The number of hydrogen-bond donors (Lipinski definition) is 0. The van der Waals surface area contributed by atoms with Gasteiger partial charge in [0.1, 0.15) is 0 Å². The molecule has 2 atom stereocenters. The first-order valence-corrected chi connectivity index (χ1v) is 12.6. The third-order valence-corrected chi connectivity index (χ3v) is 8.73. The zero-order valence-corrected chi connectivity index (χ0v) is 19.0. The highest BCUT2D eigenvalue weighted by Crippen LogP contribution is 2.38. The molecule has 1 amide bonds. The number of ether oxygens (including phenoxy) is 2. The molecule has 2 saturated heterocycles. The van der Waals surface area contributed by atoms with Crippen molar-refractivity contribution in [3.05, 3.63) is 59.7 Å². The van der Waals surface area contributed by atoms with Crippen LogP contribution in [0, 0.1) is 0 Å². The number of methoxy groups -OCH3 is 2. The van der Waals surface area contributed by atoms with Crippen molar-refractivity contribution < 1.29 is 22.7 Å². The Bertz CT molecular complexity index is 1100. The highest BCUT2D eigenvalue weighted by Gasteiger charge is 2.48. The summed E-state index contributed by atoms with van der Waals surface area (Å²) in [4.78, 5) is 19.3. The van der Waals surface area contributed by atoms with Crippen molar-refractivity contribution in [1.29, 1.82) is 0 Å². The number of amidine groups is 1. The maximum Gasteiger partial charge on any atom is 0.279 e. The molecule has 9 heteroatoms. The fourth-order valence-electron chi connectivity index (χ4n) is 3.91. The summed E-state index contributed by atoms with van der Waals surface area (Å²) in [5, 5.41) is 0.485. The summed E-state index contributed by atoms with van der Waals surface area (Å²) in [6.45, 7) is 0.603. The summed E-state index contributed by atoms with van der Waals surface area (Å²) >= 11 is 1.39. The van der Waals surface area contributed by atoms with E-state index in [4.69, 9.17) is 9.47 Å². The van der Waals surface area contributed by atoms with E-state index in [1.807, 2.05) is 35.2 Å². The minimum Gasteiger partial charge on any atom is -0.493 e. The van der Waals surface area contributed by atoms with Gasteiger partial charge in [0, 0.05) is 17.4 Å². The Morgan fingerprint density at radius 2 is 1.84 bits per heavy atom. The molecule has 31 heavy (non-hydrogen) atoms. The van der Waals surface area contributed by atoms with Crippen LogP contribution in [-0.2, 0) is 16.3 Å². The number of fused-ring (bicyclic) bond motifs is 1. The molecule has 2 aliphatic rings. The van der Waals surface area contributed by atoms with Crippen LogP contribution in [0.3, 0.4) is 0 Å². The van der Waals surface area contributed by atoms with Crippen molar-refractivity contribution in [3.63, 3.8) is 0 Å². The molecule has 2 aliphatic heterocycles. The minimum atomic E-state index is -3.07. The number of amides is 1. The average molecular weight is 461 g/mol. The average Bonchev–Trinajstić information content (AvgIpc) is 3.23. The van der Waals surface area contributed by atoms with Crippen molar-refractivity contribution in [2.45, 2.75) is 17.7 Å². The molecule has 0 spiro atoms. The lowest BCUT2D eigenvalue weighted by atomic mass is 10.1. The van der Waals surface area contributed by atoms with Gasteiger partial charge in [0.2, 0.25) is 0 Å². The third kappa shape index (κ3) is 4.72. The van der Waals surface area contributed by atoms with E-state index in [1.165, 1.54) is 26.0 Å². The fourth-order valence-corrected chi connectivity index (χ4v) is 7.89. The second kappa shape index (κ2) is 8.92. The number of benzene rings is 2. The molecule has 0 bridgehead atoms. The first-order chi connectivity index (χ1) is 14.9. The zero-order valence-electron chi connectivity index (χ0n) is 17.4. The SMILES string of the molecule is COc1ccc(C(=O)N=C2S[C@@H]3CS(=O)(=O)C[C@@H]3N2CCc2ccccc2)cc1OC. The molecule has 0 unspecified atom stereocenters. The highest BCUT2D eigenvalue weighted by atomic mass is 32.2. The third-order valence-electron chi connectivity index (χ3n) is 5.49. The van der Waals surface area contributed by atoms with Gasteiger partial charge in [-0.2, -0.15) is 4.99 Å². The first-order valence-electron chi connectivity index (χ1n) is 9.93. The van der Waals surface area contributed by atoms with Gasteiger partial charge in [-0.1, -0.05) is 42.1 Å². The van der Waals surface area contributed by atoms with Crippen LogP contribution in [0.2, 0.25) is 0 Å². The lowest BCUT2D eigenvalue weighted by molar-refractivity contribution is 0.100. The predicted molar refractivity (Wildman–Crippen MR) is 122 cm³/mol. The van der Waals surface area contributed by atoms with E-state index in [0.29, 0.717) is 28.8 Å². The highest BCUT2D eigenvalue weighted by molar-refractivity contribution is 8.15. The van der Waals surface area contributed by atoms with Gasteiger partial charge in [-0.3, -0.25) is 4.79 Å². The minimum absolute atomic E-state index is 0.0993. The number of carbonyl (C=O) groups excluding carboxylic acids is 1. The number of rotatable bonds is 6. The monoisotopic (exact) mass is 460 g/mol. The van der Waals surface area contributed by atoms with E-state index in [9.17, 15) is 13.2 Å². The Kier molecular flexibility index (Phi) is 6.24. The van der Waals surface area contributed by atoms with Gasteiger partial charge in [0.05, 0.1) is 31.8 Å². The Hall–Kier alpha value is -2.52. The Morgan fingerprint density at radius 1 is 1.10 bits per heavy atom. The molecular weight excluding hydrogens is 436 g/mol. The number of carbonyl (C=O) groups is 1. The van der Waals surface area contributed by atoms with E-state index < -0.39 is 15.7 Å². The van der Waals surface area contributed by atoms with Gasteiger partial charge in [-0.15, -0.1) is 0 Å². The second-order valence-electron chi connectivity index (χ2n) is 7.50. The van der Waals surface area contributed by atoms with Gasteiger partial charge < -0.3 is 14.4 Å². The first kappa shape index (κ1) is 21.7. The Labute approximate surface area is 186 Å².